The van der Waals surface area contributed by atoms with Gasteiger partial charge in [-0.2, -0.15) is 0 Å². The average molecular weight is 245 g/mol. The largest absolute Gasteiger partial charge is 0.480 e. The number of ether oxygens (including phenoxy) is 1. The first-order chi connectivity index (χ1) is 8.00. The van der Waals surface area contributed by atoms with Crippen molar-refractivity contribution in [3.63, 3.8) is 0 Å². The minimum Gasteiger partial charge on any atom is -0.480 e. The summed E-state index contributed by atoms with van der Waals surface area (Å²) in [5.41, 5.74) is 2.68. The first kappa shape index (κ1) is 13.7. The molecule has 0 atom stereocenters. The van der Waals surface area contributed by atoms with Gasteiger partial charge in [0.1, 0.15) is 6.54 Å². The quantitative estimate of drug-likeness (QED) is 0.713. The molecule has 1 rings (SSSR count). The topological polar surface area (TPSA) is 82.1 Å². The Kier molecular flexibility index (Phi) is 5.17. The lowest BCUT2D eigenvalue weighted by Crippen LogP contribution is -2.55. The van der Waals surface area contributed by atoms with Gasteiger partial charge in [0, 0.05) is 19.1 Å². The van der Waals surface area contributed by atoms with Crippen LogP contribution in [0.5, 0.6) is 0 Å². The van der Waals surface area contributed by atoms with E-state index in [-0.39, 0.29) is 18.6 Å². The second kappa shape index (κ2) is 6.41. The summed E-state index contributed by atoms with van der Waals surface area (Å²) in [6.45, 7) is 5.63. The van der Waals surface area contributed by atoms with Crippen LogP contribution in [-0.4, -0.2) is 65.9 Å². The average Bonchev–Trinajstić information content (AvgIpc) is 2.26. The van der Waals surface area contributed by atoms with Gasteiger partial charge in [-0.25, -0.2) is 9.80 Å². The van der Waals surface area contributed by atoms with Crippen LogP contribution in [0.2, 0.25) is 0 Å². The van der Waals surface area contributed by atoms with Crippen molar-refractivity contribution < 1.29 is 19.4 Å². The summed E-state index contributed by atoms with van der Waals surface area (Å²) < 4.78 is 5.15. The first-order valence-corrected chi connectivity index (χ1v) is 5.62. The summed E-state index contributed by atoms with van der Waals surface area (Å²) >= 11 is 0. The van der Waals surface area contributed by atoms with Crippen LogP contribution in [0, 0.1) is 0 Å². The van der Waals surface area contributed by atoms with Crippen molar-refractivity contribution in [3.8, 4) is 0 Å². The third-order valence-electron chi connectivity index (χ3n) is 2.45. The Morgan fingerprint density at radius 1 is 1.41 bits per heavy atom. The molecule has 0 unspecified atom stereocenters. The molecule has 0 radical (unpaired) electrons. The van der Waals surface area contributed by atoms with Gasteiger partial charge in [0.2, 0.25) is 0 Å². The number of amides is 2. The van der Waals surface area contributed by atoms with Gasteiger partial charge in [-0.3, -0.25) is 10.2 Å². The van der Waals surface area contributed by atoms with E-state index in [1.54, 1.807) is 18.9 Å². The lowest BCUT2D eigenvalue weighted by molar-refractivity contribution is -0.138. The highest BCUT2D eigenvalue weighted by molar-refractivity contribution is 5.80. The van der Waals surface area contributed by atoms with Gasteiger partial charge < -0.3 is 14.7 Å². The lowest BCUT2D eigenvalue weighted by Gasteiger charge is -2.31. The molecule has 1 fully saturated rings. The van der Waals surface area contributed by atoms with Crippen molar-refractivity contribution in [2.75, 3.05) is 32.8 Å². The van der Waals surface area contributed by atoms with Crippen LogP contribution in [0.15, 0.2) is 0 Å². The zero-order valence-corrected chi connectivity index (χ0v) is 10.2. The van der Waals surface area contributed by atoms with Gasteiger partial charge >= 0.3 is 12.0 Å². The zero-order valence-electron chi connectivity index (χ0n) is 10.2. The van der Waals surface area contributed by atoms with E-state index in [0.29, 0.717) is 26.3 Å². The van der Waals surface area contributed by atoms with Crippen LogP contribution < -0.4 is 5.43 Å². The van der Waals surface area contributed by atoms with Gasteiger partial charge in [0.25, 0.3) is 0 Å². The minimum atomic E-state index is -1.02. The highest BCUT2D eigenvalue weighted by atomic mass is 16.5. The molecule has 2 N–H and O–H groups in total. The number of carboxylic acids is 1. The van der Waals surface area contributed by atoms with Gasteiger partial charge in [-0.05, 0) is 13.8 Å². The van der Waals surface area contributed by atoms with Crippen molar-refractivity contribution in [2.24, 2.45) is 0 Å². The normalized spacial score (nSPS) is 16.9. The summed E-state index contributed by atoms with van der Waals surface area (Å²) in [5.74, 6) is -1.02. The minimum absolute atomic E-state index is 0.160. The molecule has 0 bridgehead atoms. The maximum absolute atomic E-state index is 11.9. The predicted molar refractivity (Wildman–Crippen MR) is 60.4 cm³/mol. The molecule has 0 saturated carbocycles. The maximum atomic E-state index is 11.9. The molecule has 7 nitrogen and oxygen atoms in total. The summed E-state index contributed by atoms with van der Waals surface area (Å²) in [5, 5.41) is 10.5. The Morgan fingerprint density at radius 2 is 2.00 bits per heavy atom. The van der Waals surface area contributed by atoms with E-state index in [4.69, 9.17) is 9.84 Å². The Labute approximate surface area is 100 Å². The van der Waals surface area contributed by atoms with Gasteiger partial charge in [0.05, 0.1) is 13.2 Å². The van der Waals surface area contributed by atoms with E-state index in [9.17, 15) is 9.59 Å². The van der Waals surface area contributed by atoms with Crippen LogP contribution in [0.25, 0.3) is 0 Å². The molecule has 0 aromatic rings. The highest BCUT2D eigenvalue weighted by Crippen LogP contribution is 2.00. The number of carbonyl (C=O) groups excluding carboxylic acids is 1. The number of aliphatic carboxylic acids is 1. The molecule has 98 valence electrons. The number of rotatable bonds is 4. The van der Waals surface area contributed by atoms with Crippen LogP contribution in [0.1, 0.15) is 13.8 Å². The highest BCUT2D eigenvalue weighted by Gasteiger charge is 2.22. The van der Waals surface area contributed by atoms with Crippen molar-refractivity contribution in [1.82, 2.24) is 15.3 Å². The van der Waals surface area contributed by atoms with Gasteiger partial charge in [-0.1, -0.05) is 0 Å². The fraction of sp³-hybridized carbons (Fsp3) is 0.800. The molecule has 0 aromatic heterocycles. The molecule has 0 aromatic carbocycles. The van der Waals surface area contributed by atoms with E-state index < -0.39 is 5.97 Å². The van der Waals surface area contributed by atoms with Crippen molar-refractivity contribution >= 4 is 12.0 Å². The number of nitrogens with one attached hydrogen (secondary N) is 1. The van der Waals surface area contributed by atoms with E-state index in [0.717, 1.165) is 0 Å². The molecule has 1 saturated heterocycles. The maximum Gasteiger partial charge on any atom is 0.332 e. The van der Waals surface area contributed by atoms with Gasteiger partial charge in [-0.15, -0.1) is 0 Å². The number of nitrogens with zero attached hydrogens (tertiary/aromatic N) is 2. The molecule has 1 heterocycles. The number of carboxylic acid groups (broad SMARTS) is 1. The van der Waals surface area contributed by atoms with E-state index in [2.05, 4.69) is 5.43 Å². The van der Waals surface area contributed by atoms with Crippen molar-refractivity contribution in [3.05, 3.63) is 0 Å². The van der Waals surface area contributed by atoms with E-state index in [1.165, 1.54) is 4.90 Å². The molecule has 1 aliphatic rings. The third kappa shape index (κ3) is 4.58. The van der Waals surface area contributed by atoms with Gasteiger partial charge in [0.15, 0.2) is 0 Å². The molecule has 0 spiro atoms. The number of hydrogen-bond acceptors (Lipinski definition) is 4. The monoisotopic (exact) mass is 245 g/mol. The second-order valence-corrected chi connectivity index (χ2v) is 4.13. The summed E-state index contributed by atoms with van der Waals surface area (Å²) in [6, 6.07) is -0.545. The molecule has 0 aliphatic carbocycles. The predicted octanol–water partition coefficient (Wildman–Crippen LogP) is -0.262. The Balaban J connectivity index is 2.49. The Hall–Kier alpha value is -1.34. The fourth-order valence-corrected chi connectivity index (χ4v) is 1.51. The standard InChI is InChI=1S/C10H19N3O4/c1-8(2)13(7-9(14)15)10(16)11-12-3-5-17-6-4-12/h8H,3-7H2,1-2H3,(H,11,16)(H,14,15). The summed E-state index contributed by atoms with van der Waals surface area (Å²) in [4.78, 5) is 23.8. The van der Waals surface area contributed by atoms with E-state index in [1.807, 2.05) is 0 Å². The first-order valence-electron chi connectivity index (χ1n) is 5.62. The Morgan fingerprint density at radius 3 is 2.47 bits per heavy atom. The number of hydrazine groups is 1. The van der Waals surface area contributed by atoms with Crippen molar-refractivity contribution in [2.45, 2.75) is 19.9 Å². The lowest BCUT2D eigenvalue weighted by atomic mass is 10.3. The molecule has 1 aliphatic heterocycles. The number of urea groups is 1. The van der Waals surface area contributed by atoms with Crippen LogP contribution >= 0.6 is 0 Å². The molecule has 17 heavy (non-hydrogen) atoms. The zero-order chi connectivity index (χ0) is 12.8. The summed E-state index contributed by atoms with van der Waals surface area (Å²) in [7, 11) is 0. The number of morpholine rings is 1. The SMILES string of the molecule is CC(C)N(CC(=O)O)C(=O)NN1CCOCC1. The summed E-state index contributed by atoms with van der Waals surface area (Å²) in [6.07, 6.45) is 0. The third-order valence-corrected chi connectivity index (χ3v) is 2.45. The van der Waals surface area contributed by atoms with E-state index >= 15 is 0 Å². The van der Waals surface area contributed by atoms with Crippen molar-refractivity contribution in [1.29, 1.82) is 0 Å². The van der Waals surface area contributed by atoms with Crippen LogP contribution in [-0.2, 0) is 9.53 Å². The number of carbonyl (C=O) groups is 2. The van der Waals surface area contributed by atoms with Crippen LogP contribution in [0.4, 0.5) is 4.79 Å². The fourth-order valence-electron chi connectivity index (χ4n) is 1.51. The molecule has 2 amide bonds. The smallest absolute Gasteiger partial charge is 0.332 e. The second-order valence-electron chi connectivity index (χ2n) is 4.13. The Bertz CT molecular complexity index is 277. The molecule has 7 heteroatoms. The molecular weight excluding hydrogens is 226 g/mol. The van der Waals surface area contributed by atoms with Crippen LogP contribution in [0.3, 0.4) is 0 Å². The molecular formula is C10H19N3O4. The number of hydrogen-bond donors (Lipinski definition) is 2.